The molecule has 2 rings (SSSR count). The second-order valence-corrected chi connectivity index (χ2v) is 7.04. The fraction of sp³-hybridized carbons (Fsp3) is 0.600. The van der Waals surface area contributed by atoms with Gasteiger partial charge in [-0.2, -0.15) is 0 Å². The van der Waals surface area contributed by atoms with E-state index in [0.717, 1.165) is 16.9 Å². The molecule has 1 saturated carbocycles. The number of rotatable bonds is 5. The number of hydrogen-bond donors (Lipinski definition) is 1. The number of nitrogens with one attached hydrogen (secondary N) is 1. The molecule has 2 nitrogen and oxygen atoms in total. The maximum absolute atomic E-state index is 6.12. The van der Waals surface area contributed by atoms with Crippen LogP contribution in [0.4, 0.5) is 0 Å². The zero-order valence-corrected chi connectivity index (χ0v) is 14.7. The molecule has 112 valence electrons. The molecule has 0 bridgehead atoms. The summed E-state index contributed by atoms with van der Waals surface area (Å²) < 4.78 is 6.48. The Kier molecular flexibility index (Phi) is 6.47. The maximum atomic E-state index is 6.12. The molecular formula is C15H20BrCl2NO. The van der Waals surface area contributed by atoms with Crippen molar-refractivity contribution in [2.24, 2.45) is 5.92 Å². The van der Waals surface area contributed by atoms with Crippen LogP contribution in [0, 0.1) is 5.92 Å². The minimum absolute atomic E-state index is 0.576. The lowest BCUT2D eigenvalue weighted by molar-refractivity contribution is 0.251. The summed E-state index contributed by atoms with van der Waals surface area (Å²) in [6, 6.07) is 4.13. The number of ether oxygens (including phenoxy) is 1. The van der Waals surface area contributed by atoms with E-state index in [2.05, 4.69) is 28.2 Å². The smallest absolute Gasteiger partial charge is 0.139 e. The van der Waals surface area contributed by atoms with E-state index >= 15 is 0 Å². The summed E-state index contributed by atoms with van der Waals surface area (Å²) in [5.41, 5.74) is 0. The van der Waals surface area contributed by atoms with Crippen LogP contribution in [0.2, 0.25) is 10.0 Å². The van der Waals surface area contributed by atoms with E-state index in [1.54, 1.807) is 12.1 Å². The van der Waals surface area contributed by atoms with Crippen LogP contribution in [0.25, 0.3) is 0 Å². The van der Waals surface area contributed by atoms with E-state index in [1.807, 2.05) is 0 Å². The Morgan fingerprint density at radius 3 is 2.75 bits per heavy atom. The second-order valence-electron chi connectivity index (χ2n) is 5.37. The lowest BCUT2D eigenvalue weighted by Gasteiger charge is -2.29. The largest absolute Gasteiger partial charge is 0.491 e. The van der Waals surface area contributed by atoms with Crippen LogP contribution in [0.15, 0.2) is 16.6 Å². The molecule has 2 atom stereocenters. The Hall–Kier alpha value is 0.0400. The highest BCUT2D eigenvalue weighted by Crippen LogP contribution is 2.34. The predicted octanol–water partition coefficient (Wildman–Crippen LogP) is 5.30. The molecule has 1 aliphatic carbocycles. The van der Waals surface area contributed by atoms with E-state index in [-0.39, 0.29) is 0 Å². The predicted molar refractivity (Wildman–Crippen MR) is 89.1 cm³/mol. The lowest BCUT2D eigenvalue weighted by Crippen LogP contribution is -2.39. The first-order valence-electron chi connectivity index (χ1n) is 7.08. The van der Waals surface area contributed by atoms with Gasteiger partial charge in [0.15, 0.2) is 0 Å². The zero-order chi connectivity index (χ0) is 14.5. The number of hydrogen-bond acceptors (Lipinski definition) is 2. The fourth-order valence-corrected chi connectivity index (χ4v) is 3.49. The van der Waals surface area contributed by atoms with Crippen molar-refractivity contribution in [3.63, 3.8) is 0 Å². The third-order valence-corrected chi connectivity index (χ3v) is 5.34. The van der Waals surface area contributed by atoms with Crippen LogP contribution in [0.3, 0.4) is 0 Å². The van der Waals surface area contributed by atoms with Gasteiger partial charge in [0.05, 0.1) is 10.0 Å². The van der Waals surface area contributed by atoms with Gasteiger partial charge in [0.2, 0.25) is 0 Å². The molecule has 20 heavy (non-hydrogen) atoms. The van der Waals surface area contributed by atoms with E-state index < -0.39 is 0 Å². The van der Waals surface area contributed by atoms with Gasteiger partial charge in [0.1, 0.15) is 12.4 Å². The van der Waals surface area contributed by atoms with Crippen LogP contribution >= 0.6 is 39.1 Å². The summed E-state index contributed by atoms with van der Waals surface area (Å²) >= 11 is 15.5. The van der Waals surface area contributed by atoms with Crippen LogP contribution in [0.5, 0.6) is 5.75 Å². The van der Waals surface area contributed by atoms with E-state index in [1.165, 1.54) is 25.7 Å². The topological polar surface area (TPSA) is 21.3 Å². The number of halogens is 3. The van der Waals surface area contributed by atoms with Crippen molar-refractivity contribution in [1.82, 2.24) is 5.32 Å². The third-order valence-electron chi connectivity index (χ3n) is 3.85. The van der Waals surface area contributed by atoms with Crippen molar-refractivity contribution in [3.05, 3.63) is 26.7 Å². The molecule has 0 saturated heterocycles. The third kappa shape index (κ3) is 4.52. The Morgan fingerprint density at radius 1 is 1.25 bits per heavy atom. The highest BCUT2D eigenvalue weighted by molar-refractivity contribution is 9.10. The first-order valence-corrected chi connectivity index (χ1v) is 8.63. The van der Waals surface area contributed by atoms with E-state index in [9.17, 15) is 0 Å². The van der Waals surface area contributed by atoms with Crippen LogP contribution < -0.4 is 10.1 Å². The van der Waals surface area contributed by atoms with Gasteiger partial charge in [0, 0.05) is 23.1 Å². The SMILES string of the molecule is CC1CCCCC1NCCOc1cc(Cl)c(Br)cc1Cl. The molecule has 1 N–H and O–H groups in total. The Balaban J connectivity index is 1.77. The quantitative estimate of drug-likeness (QED) is 0.552. The van der Waals surface area contributed by atoms with Crippen molar-refractivity contribution in [1.29, 1.82) is 0 Å². The minimum Gasteiger partial charge on any atom is -0.491 e. The molecule has 5 heteroatoms. The highest BCUT2D eigenvalue weighted by Gasteiger charge is 2.20. The van der Waals surface area contributed by atoms with E-state index in [4.69, 9.17) is 27.9 Å². The van der Waals surface area contributed by atoms with Gasteiger partial charge in [-0.05, 0) is 40.8 Å². The van der Waals surface area contributed by atoms with Gasteiger partial charge in [0.25, 0.3) is 0 Å². The molecule has 0 aromatic heterocycles. The van der Waals surface area contributed by atoms with Crippen LogP contribution in [0.1, 0.15) is 32.6 Å². The average Bonchev–Trinajstić information content (AvgIpc) is 2.42. The van der Waals surface area contributed by atoms with Crippen LogP contribution in [-0.4, -0.2) is 19.2 Å². The normalized spacial score (nSPS) is 22.8. The van der Waals surface area contributed by atoms with Crippen molar-refractivity contribution in [3.8, 4) is 5.75 Å². The fourth-order valence-electron chi connectivity index (χ4n) is 2.64. The summed E-state index contributed by atoms with van der Waals surface area (Å²) in [6.07, 6.45) is 5.29. The van der Waals surface area contributed by atoms with Crippen molar-refractivity contribution >= 4 is 39.1 Å². The van der Waals surface area contributed by atoms with Crippen molar-refractivity contribution in [2.75, 3.05) is 13.2 Å². The summed E-state index contributed by atoms with van der Waals surface area (Å²) in [5, 5.41) is 4.76. The van der Waals surface area contributed by atoms with Gasteiger partial charge >= 0.3 is 0 Å². The van der Waals surface area contributed by atoms with Gasteiger partial charge < -0.3 is 10.1 Å². The summed E-state index contributed by atoms with van der Waals surface area (Å²) in [5.74, 6) is 1.40. The standard InChI is InChI=1S/C15H20BrCl2NO/c1-10-4-2-3-5-14(10)19-6-7-20-15-9-12(17)11(16)8-13(15)18/h8-10,14,19H,2-7H2,1H3. The van der Waals surface area contributed by atoms with Gasteiger partial charge in [-0.25, -0.2) is 0 Å². The van der Waals surface area contributed by atoms with Crippen molar-refractivity contribution < 1.29 is 4.74 Å². The summed E-state index contributed by atoms with van der Waals surface area (Å²) in [6.45, 7) is 3.75. The van der Waals surface area contributed by atoms with Gasteiger partial charge in [-0.15, -0.1) is 0 Å². The Bertz CT molecular complexity index is 456. The Labute approximate surface area is 139 Å². The first kappa shape index (κ1) is 16.4. The molecular weight excluding hydrogens is 361 g/mol. The lowest BCUT2D eigenvalue weighted by atomic mass is 9.86. The minimum atomic E-state index is 0.576. The zero-order valence-electron chi connectivity index (χ0n) is 11.6. The monoisotopic (exact) mass is 379 g/mol. The average molecular weight is 381 g/mol. The molecule has 0 heterocycles. The van der Waals surface area contributed by atoms with E-state index in [0.29, 0.717) is 28.4 Å². The molecule has 1 fully saturated rings. The summed E-state index contributed by atoms with van der Waals surface area (Å²) in [7, 11) is 0. The second kappa shape index (κ2) is 7.88. The molecule has 0 spiro atoms. The highest BCUT2D eigenvalue weighted by atomic mass is 79.9. The molecule has 1 aromatic carbocycles. The molecule has 2 unspecified atom stereocenters. The molecule has 0 radical (unpaired) electrons. The van der Waals surface area contributed by atoms with Gasteiger partial charge in [-0.3, -0.25) is 0 Å². The van der Waals surface area contributed by atoms with Crippen molar-refractivity contribution in [2.45, 2.75) is 38.6 Å². The molecule has 0 amide bonds. The van der Waals surface area contributed by atoms with Crippen LogP contribution in [-0.2, 0) is 0 Å². The van der Waals surface area contributed by atoms with Gasteiger partial charge in [-0.1, -0.05) is 43.0 Å². The molecule has 0 aliphatic heterocycles. The Morgan fingerprint density at radius 2 is 2.00 bits per heavy atom. The molecule has 1 aliphatic rings. The first-order chi connectivity index (χ1) is 9.58. The number of benzene rings is 1. The molecule has 1 aromatic rings. The summed E-state index contributed by atoms with van der Waals surface area (Å²) in [4.78, 5) is 0. The maximum Gasteiger partial charge on any atom is 0.139 e.